The summed E-state index contributed by atoms with van der Waals surface area (Å²) < 4.78 is -1.33. The van der Waals surface area contributed by atoms with Crippen molar-refractivity contribution in [2.45, 2.75) is 3.79 Å². The number of halogens is 3. The van der Waals surface area contributed by atoms with E-state index >= 15 is 0 Å². The molecule has 0 aliphatic carbocycles. The van der Waals surface area contributed by atoms with E-state index in [1.165, 1.54) is 0 Å². The van der Waals surface area contributed by atoms with Crippen molar-refractivity contribution >= 4 is 34.8 Å². The molecule has 0 aromatic carbocycles. The molecule has 0 saturated carbocycles. The van der Waals surface area contributed by atoms with Crippen molar-refractivity contribution in [1.82, 2.24) is 0 Å². The third kappa shape index (κ3) is 46.8. The van der Waals surface area contributed by atoms with Crippen molar-refractivity contribution in [3.63, 3.8) is 0 Å². The second-order valence-corrected chi connectivity index (χ2v) is 3.13. The van der Waals surface area contributed by atoms with Gasteiger partial charge in [0.1, 0.15) is 0 Å². The smallest absolute Gasteiger partial charge is 0.0837 e. The van der Waals surface area contributed by atoms with E-state index in [2.05, 4.69) is 6.92 Å². The van der Waals surface area contributed by atoms with Gasteiger partial charge in [-0.3, -0.25) is 0 Å². The molecule has 0 aliphatic rings. The Bertz CT molecular complexity index is 24.3. The first kappa shape index (κ1) is 10.5. The molecular formula is C2H2Cl3Ti. The number of hydrogen-bond donors (Lipinski definition) is 0. The predicted octanol–water partition coefficient (Wildman–Crippen LogP) is 2.19. The fourth-order valence-corrected chi connectivity index (χ4v) is 0. The molecule has 0 heterocycles. The Labute approximate surface area is 67.0 Å². The van der Waals surface area contributed by atoms with E-state index in [0.29, 0.717) is 0 Å². The average molecular weight is 180 g/mol. The van der Waals surface area contributed by atoms with Gasteiger partial charge >= 0.3 is 0 Å². The van der Waals surface area contributed by atoms with Crippen LogP contribution in [0.5, 0.6) is 0 Å². The Morgan fingerprint density at radius 2 is 1.17 bits per heavy atom. The van der Waals surface area contributed by atoms with Crippen LogP contribution in [0.3, 0.4) is 0 Å². The minimum Gasteiger partial charge on any atom is -0.0837 e. The van der Waals surface area contributed by atoms with Crippen LogP contribution in [-0.4, -0.2) is 3.79 Å². The van der Waals surface area contributed by atoms with Crippen LogP contribution in [0.15, 0.2) is 0 Å². The summed E-state index contributed by atoms with van der Waals surface area (Å²) in [4.78, 5) is 0. The first-order chi connectivity index (χ1) is 2.00. The van der Waals surface area contributed by atoms with Crippen molar-refractivity contribution in [3.05, 3.63) is 6.92 Å². The summed E-state index contributed by atoms with van der Waals surface area (Å²) in [6.07, 6.45) is 0. The quantitative estimate of drug-likeness (QED) is 0.396. The maximum atomic E-state index is 4.95. The Kier molecular flexibility index (Phi) is 6.27. The van der Waals surface area contributed by atoms with Crippen LogP contribution in [0, 0.1) is 6.92 Å². The second-order valence-electron chi connectivity index (χ2n) is 0.615. The van der Waals surface area contributed by atoms with E-state index in [1.807, 2.05) is 0 Å². The summed E-state index contributed by atoms with van der Waals surface area (Å²) in [5, 5.41) is 0. The van der Waals surface area contributed by atoms with Crippen molar-refractivity contribution < 1.29 is 21.7 Å². The van der Waals surface area contributed by atoms with Gasteiger partial charge in [0.25, 0.3) is 0 Å². The van der Waals surface area contributed by atoms with Crippen LogP contribution in [-0.2, 0) is 21.7 Å². The zero-order valence-corrected chi connectivity index (χ0v) is 6.67. The summed E-state index contributed by atoms with van der Waals surface area (Å²) in [6, 6.07) is 0. The van der Waals surface area contributed by atoms with E-state index < -0.39 is 3.79 Å². The van der Waals surface area contributed by atoms with E-state index in [1.54, 1.807) is 0 Å². The maximum Gasteiger partial charge on any atom is 0.190 e. The van der Waals surface area contributed by atoms with Crippen LogP contribution >= 0.6 is 34.8 Å². The van der Waals surface area contributed by atoms with Gasteiger partial charge in [0.15, 0.2) is 3.79 Å². The van der Waals surface area contributed by atoms with Crippen LogP contribution in [0.2, 0.25) is 0 Å². The van der Waals surface area contributed by atoms with E-state index in [9.17, 15) is 0 Å². The van der Waals surface area contributed by atoms with E-state index in [0.717, 1.165) is 0 Å². The fourth-order valence-electron chi connectivity index (χ4n) is 0. The zero-order valence-electron chi connectivity index (χ0n) is 2.84. The zero-order chi connectivity index (χ0) is 4.50. The monoisotopic (exact) mass is 179 g/mol. The second kappa shape index (κ2) is 3.57. The average Bonchev–Trinajstić information content (AvgIpc) is 0.722. The Hall–Kier alpha value is 1.58. The summed E-state index contributed by atoms with van der Waals surface area (Å²) >= 11 is 14.8. The SMILES string of the molecule is [CH2]C(Cl)(Cl)Cl.[Ti]. The third-order valence-corrected chi connectivity index (χ3v) is 0. The number of hydrogen-bond acceptors (Lipinski definition) is 0. The summed E-state index contributed by atoms with van der Waals surface area (Å²) in [7, 11) is 0. The van der Waals surface area contributed by atoms with Gasteiger partial charge in [0.2, 0.25) is 0 Å². The Balaban J connectivity index is 0. The molecule has 0 rings (SSSR count). The topological polar surface area (TPSA) is 0 Å². The standard InChI is InChI=1S/C2H2Cl3.Ti/c1-2(3,4)5;/h1H2;. The molecule has 4 heteroatoms. The van der Waals surface area contributed by atoms with Gasteiger partial charge in [-0.1, -0.05) is 34.8 Å². The molecule has 0 atom stereocenters. The van der Waals surface area contributed by atoms with Gasteiger partial charge in [-0.25, -0.2) is 0 Å². The maximum absolute atomic E-state index is 4.95. The minimum atomic E-state index is -1.33. The molecule has 0 spiro atoms. The first-order valence-electron chi connectivity index (χ1n) is 0.921. The van der Waals surface area contributed by atoms with Crippen molar-refractivity contribution in [1.29, 1.82) is 0 Å². The van der Waals surface area contributed by atoms with Crippen LogP contribution in [0.4, 0.5) is 0 Å². The molecule has 6 heavy (non-hydrogen) atoms. The molecule has 0 saturated heterocycles. The van der Waals surface area contributed by atoms with Gasteiger partial charge in [-0.15, -0.1) is 0 Å². The molecule has 0 bridgehead atoms. The van der Waals surface area contributed by atoms with Gasteiger partial charge in [-0.2, -0.15) is 0 Å². The van der Waals surface area contributed by atoms with Crippen LogP contribution in [0.25, 0.3) is 0 Å². The van der Waals surface area contributed by atoms with Crippen LogP contribution in [0.1, 0.15) is 0 Å². The predicted molar refractivity (Wildman–Crippen MR) is 25.6 cm³/mol. The summed E-state index contributed by atoms with van der Waals surface area (Å²) in [5.74, 6) is 0. The first-order valence-corrected chi connectivity index (χ1v) is 2.05. The molecule has 0 N–H and O–H groups in total. The fraction of sp³-hybridized carbons (Fsp3) is 0.500. The van der Waals surface area contributed by atoms with Crippen molar-refractivity contribution in [2.75, 3.05) is 0 Å². The van der Waals surface area contributed by atoms with Crippen molar-refractivity contribution in [3.8, 4) is 0 Å². The molecular weight excluding hydrogens is 178 g/mol. The third-order valence-electron chi connectivity index (χ3n) is 0. The molecule has 0 amide bonds. The Morgan fingerprint density at radius 3 is 1.17 bits per heavy atom. The molecule has 0 aliphatic heterocycles. The largest absolute Gasteiger partial charge is 0.190 e. The normalized spacial score (nSPS) is 10.0. The molecule has 0 unspecified atom stereocenters. The van der Waals surface area contributed by atoms with E-state index in [-0.39, 0.29) is 21.7 Å². The van der Waals surface area contributed by atoms with E-state index in [4.69, 9.17) is 34.8 Å². The summed E-state index contributed by atoms with van der Waals surface area (Å²) in [6.45, 7) is 3.07. The van der Waals surface area contributed by atoms with Gasteiger partial charge in [-0.05, 0) is 6.92 Å². The summed E-state index contributed by atoms with van der Waals surface area (Å²) in [5.41, 5.74) is 0. The van der Waals surface area contributed by atoms with Gasteiger partial charge < -0.3 is 0 Å². The molecule has 1 radical (unpaired) electrons. The molecule has 0 nitrogen and oxygen atoms in total. The molecule has 35 valence electrons. The Morgan fingerprint density at radius 1 is 1.17 bits per heavy atom. The molecule has 0 aromatic rings. The number of alkyl halides is 3. The van der Waals surface area contributed by atoms with Gasteiger partial charge in [0, 0.05) is 21.7 Å². The van der Waals surface area contributed by atoms with Crippen molar-refractivity contribution in [2.24, 2.45) is 0 Å². The molecule has 0 fully saturated rings. The van der Waals surface area contributed by atoms with Crippen LogP contribution < -0.4 is 0 Å². The molecule has 0 aromatic heterocycles. The van der Waals surface area contributed by atoms with Gasteiger partial charge in [0.05, 0.1) is 0 Å². The minimum absolute atomic E-state index is 0. The number of rotatable bonds is 0.